The molecule has 0 aliphatic rings. The van der Waals surface area contributed by atoms with Gasteiger partial charge in [-0.3, -0.25) is 4.79 Å². The first-order chi connectivity index (χ1) is 13.8. The summed E-state index contributed by atoms with van der Waals surface area (Å²) in [5.41, 5.74) is 9.28. The van der Waals surface area contributed by atoms with Crippen molar-refractivity contribution in [3.05, 3.63) is 48.2 Å². The number of hydrogen-bond donors (Lipinski definition) is 1. The van der Waals surface area contributed by atoms with Crippen molar-refractivity contribution < 1.29 is 4.79 Å². The lowest BCUT2D eigenvalue weighted by Crippen LogP contribution is -2.34. The Hall–Kier alpha value is -2.73. The maximum Gasteiger partial charge on any atom is 0.254 e. The number of benzene rings is 1. The number of aromatic nitrogens is 3. The van der Waals surface area contributed by atoms with Crippen LogP contribution in [0.1, 0.15) is 50.5 Å². The van der Waals surface area contributed by atoms with Crippen molar-refractivity contribution in [3.63, 3.8) is 0 Å². The van der Waals surface area contributed by atoms with Gasteiger partial charge >= 0.3 is 0 Å². The van der Waals surface area contributed by atoms with E-state index in [1.54, 1.807) is 11.1 Å². The molecule has 3 rings (SSSR count). The summed E-state index contributed by atoms with van der Waals surface area (Å²) in [5.74, 6) is 0.355. The zero-order valence-electron chi connectivity index (χ0n) is 18.0. The van der Waals surface area contributed by atoms with Gasteiger partial charge in [0.05, 0.1) is 22.8 Å². The Kier molecular flexibility index (Phi) is 6.33. The van der Waals surface area contributed by atoms with Crippen LogP contribution in [0.3, 0.4) is 0 Å². The van der Waals surface area contributed by atoms with E-state index in [-0.39, 0.29) is 18.0 Å². The lowest BCUT2D eigenvalue weighted by atomic mass is 10.0. The van der Waals surface area contributed by atoms with Gasteiger partial charge in [-0.25, -0.2) is 9.67 Å². The largest absolute Gasteiger partial charge is 0.342 e. The van der Waals surface area contributed by atoms with Gasteiger partial charge in [-0.2, -0.15) is 5.10 Å². The fourth-order valence-corrected chi connectivity index (χ4v) is 3.31. The molecule has 0 radical (unpaired) electrons. The van der Waals surface area contributed by atoms with Crippen LogP contribution >= 0.6 is 0 Å². The first-order valence-corrected chi connectivity index (χ1v) is 10.2. The van der Waals surface area contributed by atoms with E-state index < -0.39 is 0 Å². The summed E-state index contributed by atoms with van der Waals surface area (Å²) < 4.78 is 1.87. The molecule has 154 valence electrons. The van der Waals surface area contributed by atoms with Crippen LogP contribution in [0.25, 0.3) is 22.3 Å². The SMILES string of the molecule is CC(C)C(N)CCN(C)C(=O)c1cc(-c2ccccc2)nc2c1cnn2C(C)C. The smallest absolute Gasteiger partial charge is 0.254 e. The van der Waals surface area contributed by atoms with Crippen LogP contribution in [0.15, 0.2) is 42.6 Å². The fraction of sp³-hybridized carbons (Fsp3) is 0.435. The van der Waals surface area contributed by atoms with Gasteiger partial charge in [0, 0.05) is 31.2 Å². The highest BCUT2D eigenvalue weighted by molar-refractivity contribution is 6.06. The molecule has 0 saturated heterocycles. The molecule has 0 saturated carbocycles. The monoisotopic (exact) mass is 393 g/mol. The number of hydrogen-bond acceptors (Lipinski definition) is 4. The van der Waals surface area contributed by atoms with Gasteiger partial charge in [0.2, 0.25) is 0 Å². The summed E-state index contributed by atoms with van der Waals surface area (Å²) in [4.78, 5) is 19.9. The van der Waals surface area contributed by atoms with Crippen molar-refractivity contribution in [1.29, 1.82) is 0 Å². The summed E-state index contributed by atoms with van der Waals surface area (Å²) in [6, 6.07) is 12.0. The molecule has 1 aromatic carbocycles. The maximum atomic E-state index is 13.3. The van der Waals surface area contributed by atoms with E-state index in [1.165, 1.54) is 0 Å². The van der Waals surface area contributed by atoms with Crippen LogP contribution in [0.5, 0.6) is 0 Å². The van der Waals surface area contributed by atoms with E-state index in [1.807, 2.05) is 48.1 Å². The average molecular weight is 394 g/mol. The molecule has 1 atom stereocenters. The molecule has 29 heavy (non-hydrogen) atoms. The highest BCUT2D eigenvalue weighted by Gasteiger charge is 2.21. The number of nitrogens with zero attached hydrogens (tertiary/aromatic N) is 4. The third kappa shape index (κ3) is 4.48. The zero-order valence-corrected chi connectivity index (χ0v) is 18.0. The predicted octanol–water partition coefficient (Wildman–Crippen LogP) is 4.12. The molecular weight excluding hydrogens is 362 g/mol. The summed E-state index contributed by atoms with van der Waals surface area (Å²) in [5, 5.41) is 5.27. The molecule has 1 unspecified atom stereocenters. The highest BCUT2D eigenvalue weighted by atomic mass is 16.2. The lowest BCUT2D eigenvalue weighted by molar-refractivity contribution is 0.0791. The molecule has 6 heteroatoms. The van der Waals surface area contributed by atoms with Crippen molar-refractivity contribution in [2.75, 3.05) is 13.6 Å². The van der Waals surface area contributed by atoms with Gasteiger partial charge in [0.1, 0.15) is 0 Å². The topological polar surface area (TPSA) is 77.0 Å². The standard InChI is InChI=1S/C23H31N5O/c1-15(2)20(24)11-12-27(5)23(29)18-13-21(17-9-7-6-8-10-17)26-22-19(18)14-25-28(22)16(3)4/h6-10,13-16,20H,11-12,24H2,1-5H3. The molecule has 2 heterocycles. The molecule has 0 aliphatic carbocycles. The average Bonchev–Trinajstić information content (AvgIpc) is 3.15. The number of pyridine rings is 1. The molecule has 0 fully saturated rings. The minimum absolute atomic E-state index is 0.0335. The van der Waals surface area contributed by atoms with Gasteiger partial charge in [0.25, 0.3) is 5.91 Å². The predicted molar refractivity (Wildman–Crippen MR) is 118 cm³/mol. The van der Waals surface area contributed by atoms with Gasteiger partial charge in [-0.1, -0.05) is 44.2 Å². The normalized spacial score (nSPS) is 12.7. The van der Waals surface area contributed by atoms with E-state index in [0.29, 0.717) is 18.0 Å². The Labute approximate surface area is 172 Å². The Morgan fingerprint density at radius 2 is 1.86 bits per heavy atom. The van der Waals surface area contributed by atoms with Gasteiger partial charge in [-0.05, 0) is 32.3 Å². The minimum atomic E-state index is -0.0335. The van der Waals surface area contributed by atoms with Crippen molar-refractivity contribution >= 4 is 16.9 Å². The molecule has 3 aromatic rings. The van der Waals surface area contributed by atoms with Crippen molar-refractivity contribution in [1.82, 2.24) is 19.7 Å². The molecule has 6 nitrogen and oxygen atoms in total. The number of nitrogens with two attached hydrogens (primary N) is 1. The molecule has 2 aromatic heterocycles. The molecule has 0 bridgehead atoms. The number of fused-ring (bicyclic) bond motifs is 1. The third-order valence-electron chi connectivity index (χ3n) is 5.36. The van der Waals surface area contributed by atoms with Crippen LogP contribution in [-0.2, 0) is 0 Å². The highest BCUT2D eigenvalue weighted by Crippen LogP contribution is 2.27. The second-order valence-electron chi connectivity index (χ2n) is 8.26. The molecular formula is C23H31N5O. The Balaban J connectivity index is 2.02. The van der Waals surface area contributed by atoms with Gasteiger partial charge in [0.15, 0.2) is 5.65 Å². The first-order valence-electron chi connectivity index (χ1n) is 10.2. The molecule has 1 amide bonds. The van der Waals surface area contributed by atoms with Crippen LogP contribution in [0.2, 0.25) is 0 Å². The summed E-state index contributed by atoms with van der Waals surface area (Å²) in [6.45, 7) is 8.94. The van der Waals surface area contributed by atoms with Gasteiger partial charge in [-0.15, -0.1) is 0 Å². The number of rotatable bonds is 7. The summed E-state index contributed by atoms with van der Waals surface area (Å²) in [6.07, 6.45) is 2.52. The van der Waals surface area contributed by atoms with Crippen LogP contribution < -0.4 is 5.73 Å². The summed E-state index contributed by atoms with van der Waals surface area (Å²) >= 11 is 0. The second kappa shape index (κ2) is 8.74. The van der Waals surface area contributed by atoms with E-state index in [4.69, 9.17) is 10.7 Å². The van der Waals surface area contributed by atoms with Gasteiger partial charge < -0.3 is 10.6 Å². The number of carbonyl (C=O) groups excluding carboxylic acids is 1. The van der Waals surface area contributed by atoms with Crippen LogP contribution in [-0.4, -0.2) is 45.2 Å². The fourth-order valence-electron chi connectivity index (χ4n) is 3.31. The summed E-state index contributed by atoms with van der Waals surface area (Å²) in [7, 11) is 1.83. The second-order valence-corrected chi connectivity index (χ2v) is 8.26. The van der Waals surface area contributed by atoms with E-state index in [2.05, 4.69) is 32.8 Å². The molecule has 2 N–H and O–H groups in total. The number of carbonyl (C=O) groups is 1. The Morgan fingerprint density at radius 3 is 2.48 bits per heavy atom. The van der Waals surface area contributed by atoms with E-state index in [0.717, 1.165) is 28.7 Å². The van der Waals surface area contributed by atoms with E-state index in [9.17, 15) is 4.79 Å². The number of amides is 1. The Morgan fingerprint density at radius 1 is 1.17 bits per heavy atom. The van der Waals surface area contributed by atoms with Crippen LogP contribution in [0.4, 0.5) is 0 Å². The van der Waals surface area contributed by atoms with E-state index >= 15 is 0 Å². The quantitative estimate of drug-likeness (QED) is 0.655. The third-order valence-corrected chi connectivity index (χ3v) is 5.36. The zero-order chi connectivity index (χ0) is 21.1. The van der Waals surface area contributed by atoms with Crippen LogP contribution in [0, 0.1) is 5.92 Å². The molecule has 0 aliphatic heterocycles. The van der Waals surface area contributed by atoms with Crippen molar-refractivity contribution in [2.45, 2.75) is 46.2 Å². The first kappa shape index (κ1) is 21.0. The minimum Gasteiger partial charge on any atom is -0.342 e. The lowest BCUT2D eigenvalue weighted by Gasteiger charge is -2.22. The molecule has 0 spiro atoms. The Bertz CT molecular complexity index is 978. The van der Waals surface area contributed by atoms with Crippen molar-refractivity contribution in [2.24, 2.45) is 11.7 Å². The van der Waals surface area contributed by atoms with Crippen molar-refractivity contribution in [3.8, 4) is 11.3 Å². The maximum absolute atomic E-state index is 13.3.